The molecule has 0 aliphatic carbocycles. The summed E-state index contributed by atoms with van der Waals surface area (Å²) in [6, 6.07) is 13.5. The molecule has 4 nitrogen and oxygen atoms in total. The molecule has 2 aromatic carbocycles. The fourth-order valence-electron chi connectivity index (χ4n) is 2.34. The number of carbonyl (C=O) groups is 1. The van der Waals surface area contributed by atoms with Gasteiger partial charge >= 0.3 is 5.97 Å². The predicted octanol–water partition coefficient (Wildman–Crippen LogP) is 4.05. The number of benzene rings is 2. The Balaban J connectivity index is 1.98. The Morgan fingerprint density at radius 2 is 1.88 bits per heavy atom. The minimum atomic E-state index is -0.568. The lowest BCUT2D eigenvalue weighted by Gasteiger charge is -2.11. The topological polar surface area (TPSA) is 48.4 Å². The van der Waals surface area contributed by atoms with E-state index in [-0.39, 0.29) is 5.69 Å². The third-order valence-corrected chi connectivity index (χ3v) is 3.64. The minimum absolute atomic E-state index is 0.121. The first-order valence-electron chi connectivity index (χ1n) is 7.44. The van der Waals surface area contributed by atoms with Gasteiger partial charge in [0, 0.05) is 11.5 Å². The molecule has 0 spiro atoms. The van der Waals surface area contributed by atoms with Gasteiger partial charge in [0.25, 0.3) is 0 Å². The van der Waals surface area contributed by atoms with Crippen molar-refractivity contribution < 1.29 is 18.7 Å². The maximum absolute atomic E-state index is 13.6. The molecule has 0 aliphatic rings. The van der Waals surface area contributed by atoms with E-state index in [1.165, 1.54) is 31.4 Å². The zero-order valence-electron chi connectivity index (χ0n) is 13.4. The van der Waals surface area contributed by atoms with Crippen LogP contribution in [0.25, 0.3) is 10.9 Å². The Hall–Kier alpha value is -2.95. The van der Waals surface area contributed by atoms with Gasteiger partial charge in [-0.05, 0) is 30.7 Å². The van der Waals surface area contributed by atoms with Crippen molar-refractivity contribution in [1.82, 2.24) is 4.98 Å². The number of carbonyl (C=O) groups excluding carboxylic acids is 1. The number of hydrogen-bond acceptors (Lipinski definition) is 4. The predicted molar refractivity (Wildman–Crippen MR) is 88.6 cm³/mol. The highest BCUT2D eigenvalue weighted by molar-refractivity contribution is 5.94. The van der Waals surface area contributed by atoms with E-state index in [0.717, 1.165) is 11.1 Å². The van der Waals surface area contributed by atoms with Crippen LogP contribution in [-0.2, 0) is 11.3 Å². The van der Waals surface area contributed by atoms with Gasteiger partial charge in [0.15, 0.2) is 5.69 Å². The summed E-state index contributed by atoms with van der Waals surface area (Å²) in [5, 5.41) is 0.509. The highest BCUT2D eigenvalue weighted by Crippen LogP contribution is 2.27. The Morgan fingerprint density at radius 1 is 1.12 bits per heavy atom. The van der Waals surface area contributed by atoms with Crippen LogP contribution in [0.1, 0.15) is 21.6 Å². The SMILES string of the molecule is COC(=O)c1cc(OCc2ccc(C)cc2)c2cc(F)ccc2n1. The van der Waals surface area contributed by atoms with Crippen molar-refractivity contribution in [2.75, 3.05) is 7.11 Å². The third kappa shape index (κ3) is 3.35. The van der Waals surface area contributed by atoms with Gasteiger partial charge in [0.2, 0.25) is 0 Å². The van der Waals surface area contributed by atoms with Gasteiger partial charge in [-0.1, -0.05) is 29.8 Å². The van der Waals surface area contributed by atoms with Crippen LogP contribution in [0.2, 0.25) is 0 Å². The van der Waals surface area contributed by atoms with Crippen LogP contribution >= 0.6 is 0 Å². The summed E-state index contributed by atoms with van der Waals surface area (Å²) in [5.74, 6) is -0.572. The molecular formula is C19H16FNO3. The fraction of sp³-hybridized carbons (Fsp3) is 0.158. The Bertz CT molecular complexity index is 891. The second-order valence-corrected chi connectivity index (χ2v) is 5.43. The Morgan fingerprint density at radius 3 is 2.58 bits per heavy atom. The van der Waals surface area contributed by atoms with E-state index in [4.69, 9.17) is 9.47 Å². The number of nitrogens with zero attached hydrogens (tertiary/aromatic N) is 1. The van der Waals surface area contributed by atoms with E-state index in [9.17, 15) is 9.18 Å². The van der Waals surface area contributed by atoms with Gasteiger partial charge in [-0.25, -0.2) is 14.2 Å². The molecule has 0 N–H and O–H groups in total. The fourth-order valence-corrected chi connectivity index (χ4v) is 2.34. The average molecular weight is 325 g/mol. The van der Waals surface area contributed by atoms with E-state index in [1.54, 1.807) is 0 Å². The van der Waals surface area contributed by atoms with Crippen molar-refractivity contribution in [1.29, 1.82) is 0 Å². The average Bonchev–Trinajstić information content (AvgIpc) is 2.60. The quantitative estimate of drug-likeness (QED) is 0.679. The molecular weight excluding hydrogens is 309 g/mol. The maximum atomic E-state index is 13.6. The molecule has 0 saturated heterocycles. The molecule has 0 aliphatic heterocycles. The van der Waals surface area contributed by atoms with Crippen molar-refractivity contribution >= 4 is 16.9 Å². The zero-order valence-corrected chi connectivity index (χ0v) is 13.4. The van der Waals surface area contributed by atoms with Crippen molar-refractivity contribution in [3.05, 3.63) is 71.2 Å². The first kappa shape index (κ1) is 15.9. The van der Waals surface area contributed by atoms with Crippen LogP contribution in [0, 0.1) is 12.7 Å². The largest absolute Gasteiger partial charge is 0.488 e. The highest BCUT2D eigenvalue weighted by Gasteiger charge is 2.14. The number of esters is 1. The number of methoxy groups -OCH3 is 1. The molecule has 3 rings (SSSR count). The number of hydrogen-bond donors (Lipinski definition) is 0. The Kier molecular flexibility index (Phi) is 4.42. The molecule has 0 fully saturated rings. The first-order chi connectivity index (χ1) is 11.6. The highest BCUT2D eigenvalue weighted by atomic mass is 19.1. The molecule has 0 saturated carbocycles. The van der Waals surface area contributed by atoms with Gasteiger partial charge in [-0.15, -0.1) is 0 Å². The lowest BCUT2D eigenvalue weighted by molar-refractivity contribution is 0.0594. The van der Waals surface area contributed by atoms with E-state index in [0.29, 0.717) is 23.3 Å². The van der Waals surface area contributed by atoms with E-state index in [2.05, 4.69) is 4.98 Å². The van der Waals surface area contributed by atoms with E-state index < -0.39 is 11.8 Å². The summed E-state index contributed by atoms with van der Waals surface area (Å²) in [6.07, 6.45) is 0. The van der Waals surface area contributed by atoms with E-state index in [1.807, 2.05) is 31.2 Å². The Labute approximate surface area is 138 Å². The molecule has 122 valence electrons. The second-order valence-electron chi connectivity index (χ2n) is 5.43. The third-order valence-electron chi connectivity index (χ3n) is 3.64. The molecule has 0 radical (unpaired) electrons. The van der Waals surface area contributed by atoms with Gasteiger partial charge in [0.1, 0.15) is 18.2 Å². The summed E-state index contributed by atoms with van der Waals surface area (Å²) in [6.45, 7) is 2.31. The van der Waals surface area contributed by atoms with Crippen LogP contribution in [0.15, 0.2) is 48.5 Å². The van der Waals surface area contributed by atoms with E-state index >= 15 is 0 Å². The van der Waals surface area contributed by atoms with Gasteiger partial charge < -0.3 is 9.47 Å². The molecule has 3 aromatic rings. The number of aromatic nitrogens is 1. The van der Waals surface area contributed by atoms with Crippen molar-refractivity contribution in [3.63, 3.8) is 0 Å². The molecule has 5 heteroatoms. The van der Waals surface area contributed by atoms with Gasteiger partial charge in [-0.2, -0.15) is 0 Å². The lowest BCUT2D eigenvalue weighted by atomic mass is 10.1. The summed E-state index contributed by atoms with van der Waals surface area (Å²) >= 11 is 0. The molecule has 0 atom stereocenters. The lowest BCUT2D eigenvalue weighted by Crippen LogP contribution is -2.06. The molecule has 24 heavy (non-hydrogen) atoms. The van der Waals surface area contributed by atoms with Crippen molar-refractivity contribution in [3.8, 4) is 5.75 Å². The number of rotatable bonds is 4. The van der Waals surface area contributed by atoms with Crippen LogP contribution in [0.5, 0.6) is 5.75 Å². The maximum Gasteiger partial charge on any atom is 0.356 e. The van der Waals surface area contributed by atoms with Crippen LogP contribution in [0.4, 0.5) is 4.39 Å². The first-order valence-corrected chi connectivity index (χ1v) is 7.44. The van der Waals surface area contributed by atoms with Crippen LogP contribution in [-0.4, -0.2) is 18.1 Å². The monoisotopic (exact) mass is 325 g/mol. The number of pyridine rings is 1. The molecule has 1 aromatic heterocycles. The smallest absolute Gasteiger partial charge is 0.356 e. The number of halogens is 1. The summed E-state index contributed by atoms with van der Waals surface area (Å²) in [4.78, 5) is 16.0. The second kappa shape index (κ2) is 6.66. The molecule has 0 unspecified atom stereocenters. The van der Waals surface area contributed by atoms with Crippen molar-refractivity contribution in [2.24, 2.45) is 0 Å². The van der Waals surface area contributed by atoms with Gasteiger partial charge in [0.05, 0.1) is 12.6 Å². The standard InChI is InChI=1S/C19H16FNO3/c1-12-3-5-13(6-4-12)11-24-18-10-17(19(22)23-2)21-16-8-7-14(20)9-15(16)18/h3-10H,11H2,1-2H3. The molecule has 0 amide bonds. The summed E-state index contributed by atoms with van der Waals surface area (Å²) < 4.78 is 24.1. The number of ether oxygens (including phenoxy) is 2. The van der Waals surface area contributed by atoms with Gasteiger partial charge in [-0.3, -0.25) is 0 Å². The van der Waals surface area contributed by atoms with Crippen molar-refractivity contribution in [2.45, 2.75) is 13.5 Å². The number of fused-ring (bicyclic) bond motifs is 1. The molecule has 0 bridgehead atoms. The zero-order chi connectivity index (χ0) is 17.1. The van der Waals surface area contributed by atoms with Crippen LogP contribution in [0.3, 0.4) is 0 Å². The normalized spacial score (nSPS) is 10.6. The summed E-state index contributed by atoms with van der Waals surface area (Å²) in [5.41, 5.74) is 2.72. The van der Waals surface area contributed by atoms with Crippen LogP contribution < -0.4 is 4.74 Å². The number of aryl methyl sites for hydroxylation is 1. The minimum Gasteiger partial charge on any atom is -0.488 e. The molecule has 1 heterocycles. The summed E-state index contributed by atoms with van der Waals surface area (Å²) in [7, 11) is 1.28.